The predicted octanol–water partition coefficient (Wildman–Crippen LogP) is 6.52. The van der Waals surface area contributed by atoms with Crippen molar-refractivity contribution >= 4 is 27.9 Å². The summed E-state index contributed by atoms with van der Waals surface area (Å²) in [5.41, 5.74) is 4.57. The van der Waals surface area contributed by atoms with E-state index >= 15 is 0 Å². The minimum absolute atomic E-state index is 0.490. The van der Waals surface area contributed by atoms with Gasteiger partial charge in [-0.15, -0.1) is 17.3 Å². The summed E-state index contributed by atoms with van der Waals surface area (Å²) in [4.78, 5) is 1.37. The van der Waals surface area contributed by atoms with Crippen molar-refractivity contribution in [3.63, 3.8) is 0 Å². The maximum absolute atomic E-state index is 3.42. The number of hydrogen-bond donors (Lipinski definition) is 0. The summed E-state index contributed by atoms with van der Waals surface area (Å²) in [6, 6.07) is 10.2. The molecular formula is C19H32SSi2. The van der Waals surface area contributed by atoms with Gasteiger partial charge in [0.2, 0.25) is 0 Å². The number of rotatable bonds is 4. The molecular weight excluding hydrogens is 316 g/mol. The first-order chi connectivity index (χ1) is 9.91. The first kappa shape index (κ1) is 19.6. The minimum Gasteiger partial charge on any atom is -0.127 e. The Balaban J connectivity index is 2.57. The Morgan fingerprint density at radius 1 is 0.955 bits per heavy atom. The molecule has 1 aromatic rings. The van der Waals surface area contributed by atoms with Gasteiger partial charge in [0.05, 0.1) is 8.07 Å². The first-order valence-electron chi connectivity index (χ1n) is 8.17. The fraction of sp³-hybridized carbons (Fsp3) is 0.579. The molecule has 0 nitrogen and oxygen atoms in total. The van der Waals surface area contributed by atoms with E-state index in [0.29, 0.717) is 5.04 Å². The SMILES string of the molecule is CC(C)(C)[Si](C)(C)CCSc1ccc(C#C[Si](C)(C)C)cc1. The molecule has 0 bridgehead atoms. The Labute approximate surface area is 144 Å². The molecule has 0 N–H and O–H groups in total. The van der Waals surface area contributed by atoms with Crippen LogP contribution in [-0.2, 0) is 0 Å². The molecule has 22 heavy (non-hydrogen) atoms. The van der Waals surface area contributed by atoms with Gasteiger partial charge in [-0.05, 0) is 41.1 Å². The van der Waals surface area contributed by atoms with Gasteiger partial charge < -0.3 is 0 Å². The van der Waals surface area contributed by atoms with E-state index in [2.05, 4.69) is 89.2 Å². The van der Waals surface area contributed by atoms with Gasteiger partial charge in [-0.25, -0.2) is 0 Å². The molecule has 0 aromatic heterocycles. The van der Waals surface area contributed by atoms with Gasteiger partial charge in [-0.3, -0.25) is 0 Å². The van der Waals surface area contributed by atoms with Crippen LogP contribution >= 0.6 is 11.8 Å². The number of benzene rings is 1. The third-order valence-corrected chi connectivity index (χ3v) is 12.3. The Morgan fingerprint density at radius 2 is 1.50 bits per heavy atom. The maximum atomic E-state index is 3.42. The van der Waals surface area contributed by atoms with E-state index in [1.54, 1.807) is 0 Å². The third-order valence-electron chi connectivity index (χ3n) is 4.46. The molecule has 1 rings (SSSR count). The van der Waals surface area contributed by atoms with Gasteiger partial charge >= 0.3 is 0 Å². The molecule has 1 aromatic carbocycles. The summed E-state index contributed by atoms with van der Waals surface area (Å²) < 4.78 is 0. The lowest BCUT2D eigenvalue weighted by Crippen LogP contribution is -2.37. The molecule has 0 aliphatic rings. The third kappa shape index (κ3) is 6.77. The zero-order chi connectivity index (χ0) is 17.0. The largest absolute Gasteiger partial charge is 0.129 e. The van der Waals surface area contributed by atoms with Crippen molar-refractivity contribution < 1.29 is 0 Å². The first-order valence-corrected chi connectivity index (χ1v) is 15.9. The van der Waals surface area contributed by atoms with Crippen LogP contribution < -0.4 is 0 Å². The van der Waals surface area contributed by atoms with Crippen LogP contribution in [0.5, 0.6) is 0 Å². The average Bonchev–Trinajstić information content (AvgIpc) is 2.35. The molecule has 0 saturated heterocycles. The van der Waals surface area contributed by atoms with E-state index in [1.165, 1.54) is 16.7 Å². The molecule has 0 amide bonds. The van der Waals surface area contributed by atoms with Crippen LogP contribution in [0.2, 0.25) is 43.8 Å². The summed E-state index contributed by atoms with van der Waals surface area (Å²) in [5.74, 6) is 4.55. The fourth-order valence-corrected chi connectivity index (χ4v) is 5.98. The minimum atomic E-state index is -1.28. The van der Waals surface area contributed by atoms with E-state index in [0.717, 1.165) is 5.56 Å². The van der Waals surface area contributed by atoms with Crippen LogP contribution in [0.4, 0.5) is 0 Å². The van der Waals surface area contributed by atoms with E-state index in [4.69, 9.17) is 0 Å². The molecule has 0 aliphatic heterocycles. The van der Waals surface area contributed by atoms with Crippen LogP contribution in [0.1, 0.15) is 26.3 Å². The molecule has 122 valence electrons. The topological polar surface area (TPSA) is 0 Å². The highest BCUT2D eigenvalue weighted by Crippen LogP contribution is 2.39. The molecule has 0 radical (unpaired) electrons. The Morgan fingerprint density at radius 3 is 1.95 bits per heavy atom. The second kappa shape index (κ2) is 7.42. The lowest BCUT2D eigenvalue weighted by atomic mass is 10.2. The molecule has 0 spiro atoms. The zero-order valence-electron chi connectivity index (χ0n) is 15.6. The normalized spacial score (nSPS) is 12.7. The van der Waals surface area contributed by atoms with Gasteiger partial charge in [0.1, 0.15) is 8.07 Å². The van der Waals surface area contributed by atoms with Gasteiger partial charge in [-0.2, -0.15) is 0 Å². The van der Waals surface area contributed by atoms with Crippen molar-refractivity contribution in [3.8, 4) is 11.5 Å². The van der Waals surface area contributed by atoms with Gasteiger partial charge in [0.25, 0.3) is 0 Å². The fourth-order valence-electron chi connectivity index (χ4n) is 1.69. The van der Waals surface area contributed by atoms with Gasteiger partial charge in [0, 0.05) is 10.5 Å². The lowest BCUT2D eigenvalue weighted by molar-refractivity contribution is 0.716. The molecule has 0 fully saturated rings. The second-order valence-corrected chi connectivity index (χ2v) is 20.4. The van der Waals surface area contributed by atoms with E-state index in [9.17, 15) is 0 Å². The highest BCUT2D eigenvalue weighted by atomic mass is 32.2. The van der Waals surface area contributed by atoms with Crippen LogP contribution in [0.25, 0.3) is 0 Å². The standard InChI is InChI=1S/C19H32SSi2/c1-19(2,3)22(7,8)16-14-20-18-11-9-17(10-12-18)13-15-21(4,5)6/h9-12H,14,16H2,1-8H3. The summed E-state index contributed by atoms with van der Waals surface area (Å²) >= 11 is 1.99. The van der Waals surface area contributed by atoms with Crippen molar-refractivity contribution in [2.75, 3.05) is 5.75 Å². The average molecular weight is 349 g/mol. The predicted molar refractivity (Wildman–Crippen MR) is 109 cm³/mol. The Kier molecular flexibility index (Phi) is 6.62. The lowest BCUT2D eigenvalue weighted by Gasteiger charge is -2.37. The number of thioether (sulfide) groups is 1. The van der Waals surface area contributed by atoms with Crippen LogP contribution in [0.3, 0.4) is 0 Å². The van der Waals surface area contributed by atoms with E-state index in [-0.39, 0.29) is 0 Å². The summed E-state index contributed by atoms with van der Waals surface area (Å²) in [6.07, 6.45) is 0. The van der Waals surface area contributed by atoms with Gasteiger partial charge in [-0.1, -0.05) is 59.4 Å². The van der Waals surface area contributed by atoms with Crippen molar-refractivity contribution in [2.45, 2.75) is 69.5 Å². The summed E-state index contributed by atoms with van der Waals surface area (Å²) in [6.45, 7) is 19.1. The van der Waals surface area contributed by atoms with Crippen LogP contribution in [0, 0.1) is 11.5 Å². The smallest absolute Gasteiger partial charge is 0.127 e. The number of hydrogen-bond acceptors (Lipinski definition) is 1. The Hall–Kier alpha value is -0.436. The van der Waals surface area contributed by atoms with E-state index < -0.39 is 16.1 Å². The zero-order valence-corrected chi connectivity index (χ0v) is 18.4. The summed E-state index contributed by atoms with van der Waals surface area (Å²) in [5, 5.41) is 0.490. The van der Waals surface area contributed by atoms with Crippen molar-refractivity contribution in [3.05, 3.63) is 29.8 Å². The highest BCUT2D eigenvalue weighted by Gasteiger charge is 2.34. The van der Waals surface area contributed by atoms with Gasteiger partial charge in [0.15, 0.2) is 0 Å². The second-order valence-electron chi connectivity index (χ2n) is 8.76. The summed E-state index contributed by atoms with van der Waals surface area (Å²) in [7, 11) is -2.42. The van der Waals surface area contributed by atoms with Crippen molar-refractivity contribution in [1.82, 2.24) is 0 Å². The van der Waals surface area contributed by atoms with Crippen molar-refractivity contribution in [1.29, 1.82) is 0 Å². The van der Waals surface area contributed by atoms with Crippen LogP contribution in [-0.4, -0.2) is 21.9 Å². The molecule has 0 atom stereocenters. The molecule has 0 saturated carbocycles. The van der Waals surface area contributed by atoms with E-state index in [1.807, 2.05) is 11.8 Å². The van der Waals surface area contributed by atoms with Crippen LogP contribution in [0.15, 0.2) is 29.2 Å². The molecule has 3 heteroatoms. The Bertz CT molecular complexity index is 534. The monoisotopic (exact) mass is 348 g/mol. The molecule has 0 aliphatic carbocycles. The highest BCUT2D eigenvalue weighted by molar-refractivity contribution is 7.99. The van der Waals surface area contributed by atoms with Crippen molar-refractivity contribution in [2.24, 2.45) is 0 Å². The quantitative estimate of drug-likeness (QED) is 0.339. The maximum Gasteiger partial charge on any atom is 0.129 e. The molecule has 0 heterocycles. The molecule has 0 unspecified atom stereocenters.